The lowest BCUT2D eigenvalue weighted by atomic mass is 9.88. The first-order valence-corrected chi connectivity index (χ1v) is 11.3. The lowest BCUT2D eigenvalue weighted by molar-refractivity contribution is 0.164. The molecule has 5 rings (SSSR count). The third-order valence-corrected chi connectivity index (χ3v) is 6.71. The Bertz CT molecular complexity index is 1180. The quantitative estimate of drug-likeness (QED) is 0.419. The van der Waals surface area contributed by atoms with E-state index in [0.717, 1.165) is 67.0 Å². The zero-order chi connectivity index (χ0) is 22.8. The molecule has 0 spiro atoms. The van der Waals surface area contributed by atoms with E-state index in [1.54, 1.807) is 37.7 Å². The van der Waals surface area contributed by atoms with Crippen LogP contribution in [0.2, 0.25) is 0 Å². The molecule has 6 heteroatoms. The molecule has 168 valence electrons. The number of nitrogens with one attached hydrogen (secondary N) is 1. The largest absolute Gasteiger partial charge is 0.508 e. The van der Waals surface area contributed by atoms with Gasteiger partial charge < -0.3 is 9.84 Å². The maximum absolute atomic E-state index is 9.72. The summed E-state index contributed by atoms with van der Waals surface area (Å²) in [6, 6.07) is 16.9. The van der Waals surface area contributed by atoms with E-state index < -0.39 is 0 Å². The molecule has 0 atom stereocenters. The molecule has 1 aliphatic heterocycles. The van der Waals surface area contributed by atoms with Crippen molar-refractivity contribution in [3.05, 3.63) is 95.3 Å². The van der Waals surface area contributed by atoms with Gasteiger partial charge in [0.1, 0.15) is 17.8 Å². The number of hydrogen-bond donors (Lipinski definition) is 2. The van der Waals surface area contributed by atoms with Crippen LogP contribution >= 0.6 is 0 Å². The Labute approximate surface area is 194 Å². The van der Waals surface area contributed by atoms with E-state index in [2.05, 4.69) is 14.9 Å². The second-order valence-corrected chi connectivity index (χ2v) is 8.93. The van der Waals surface area contributed by atoms with Gasteiger partial charge in [-0.2, -0.15) is 0 Å². The zero-order valence-electron chi connectivity index (χ0n) is 18.8. The number of aromatic hydroxyl groups is 1. The summed E-state index contributed by atoms with van der Waals surface area (Å²) in [5.41, 5.74) is 5.17. The molecule has 1 saturated carbocycles. The van der Waals surface area contributed by atoms with Crippen LogP contribution in [-0.2, 0) is 17.7 Å². The van der Waals surface area contributed by atoms with E-state index in [0.29, 0.717) is 5.71 Å². The van der Waals surface area contributed by atoms with Crippen molar-refractivity contribution in [2.24, 2.45) is 5.41 Å². The van der Waals surface area contributed by atoms with Crippen molar-refractivity contribution in [3.8, 4) is 5.75 Å². The Morgan fingerprint density at radius 1 is 1.09 bits per heavy atom. The van der Waals surface area contributed by atoms with Gasteiger partial charge in [0.25, 0.3) is 0 Å². The van der Waals surface area contributed by atoms with Crippen molar-refractivity contribution < 1.29 is 9.84 Å². The van der Waals surface area contributed by atoms with E-state index in [1.807, 2.05) is 36.5 Å². The third kappa shape index (κ3) is 4.26. The maximum Gasteiger partial charge on any atom is 0.115 e. The number of aromatic nitrogens is 2. The van der Waals surface area contributed by atoms with Gasteiger partial charge in [-0.3, -0.25) is 10.3 Å². The Balaban J connectivity index is 1.52. The summed E-state index contributed by atoms with van der Waals surface area (Å²) in [4.78, 5) is 11.1. The molecule has 0 saturated heterocycles. The topological polar surface area (TPSA) is 82.3 Å². The average molecular weight is 441 g/mol. The second kappa shape index (κ2) is 8.79. The molecule has 33 heavy (non-hydrogen) atoms. The van der Waals surface area contributed by atoms with Crippen LogP contribution in [0.25, 0.3) is 5.57 Å². The summed E-state index contributed by atoms with van der Waals surface area (Å²) in [5, 5.41) is 18.8. The van der Waals surface area contributed by atoms with E-state index in [-0.39, 0.29) is 11.2 Å². The minimum atomic E-state index is -0.117. The minimum absolute atomic E-state index is 0.117. The van der Waals surface area contributed by atoms with Crippen LogP contribution in [0.4, 0.5) is 0 Å². The molecule has 0 radical (unpaired) electrons. The fraction of sp³-hybridized carbons (Fsp3) is 0.296. The molecule has 6 nitrogen and oxygen atoms in total. The Morgan fingerprint density at radius 3 is 2.55 bits per heavy atom. The predicted molar refractivity (Wildman–Crippen MR) is 128 cm³/mol. The van der Waals surface area contributed by atoms with Crippen LogP contribution in [0.5, 0.6) is 5.75 Å². The van der Waals surface area contributed by atoms with Crippen molar-refractivity contribution in [1.29, 1.82) is 5.41 Å². The van der Waals surface area contributed by atoms with E-state index in [9.17, 15) is 5.11 Å². The highest BCUT2D eigenvalue weighted by Gasteiger charge is 2.50. The molecular formula is C27H28N4O2. The minimum Gasteiger partial charge on any atom is -0.508 e. The Morgan fingerprint density at radius 2 is 1.85 bits per heavy atom. The first-order chi connectivity index (χ1) is 16.1. The SMILES string of the molecule is CO/C(=C(\C(=N)c1ccc(O)cc1)c1ccccc1)C1(CN2CCc3cncnc3C2)CC1. The lowest BCUT2D eigenvalue weighted by Crippen LogP contribution is -2.37. The fourth-order valence-electron chi connectivity index (χ4n) is 4.83. The summed E-state index contributed by atoms with van der Waals surface area (Å²) in [7, 11) is 1.72. The van der Waals surface area contributed by atoms with Crippen LogP contribution in [-0.4, -0.2) is 45.9 Å². The molecular weight excluding hydrogens is 412 g/mol. The van der Waals surface area contributed by atoms with Crippen LogP contribution in [0.3, 0.4) is 0 Å². The van der Waals surface area contributed by atoms with Crippen molar-refractivity contribution >= 4 is 11.3 Å². The Kier molecular flexibility index (Phi) is 5.68. The van der Waals surface area contributed by atoms with Crippen LogP contribution in [0.15, 0.2) is 72.9 Å². The van der Waals surface area contributed by atoms with Gasteiger partial charge in [-0.1, -0.05) is 30.3 Å². The molecule has 2 aromatic carbocycles. The van der Waals surface area contributed by atoms with Crippen LogP contribution < -0.4 is 0 Å². The van der Waals surface area contributed by atoms with Crippen molar-refractivity contribution in [2.75, 3.05) is 20.2 Å². The number of phenols is 1. The summed E-state index contributed by atoms with van der Waals surface area (Å²) >= 11 is 0. The number of benzene rings is 2. The fourth-order valence-corrected chi connectivity index (χ4v) is 4.83. The predicted octanol–water partition coefficient (Wildman–Crippen LogP) is 4.45. The number of phenolic OH excluding ortho intramolecular Hbond substituents is 1. The molecule has 3 aromatic rings. The number of fused-ring (bicyclic) bond motifs is 1. The van der Waals surface area contributed by atoms with Crippen molar-refractivity contribution in [2.45, 2.75) is 25.8 Å². The maximum atomic E-state index is 9.72. The van der Waals surface area contributed by atoms with E-state index in [1.165, 1.54) is 5.56 Å². The second-order valence-electron chi connectivity index (χ2n) is 8.93. The number of methoxy groups -OCH3 is 1. The van der Waals surface area contributed by atoms with E-state index in [4.69, 9.17) is 10.1 Å². The van der Waals surface area contributed by atoms with Gasteiger partial charge in [-0.25, -0.2) is 9.97 Å². The lowest BCUT2D eigenvalue weighted by Gasteiger charge is -2.32. The molecule has 1 fully saturated rings. The molecule has 2 aliphatic rings. The summed E-state index contributed by atoms with van der Waals surface area (Å²) in [6.07, 6.45) is 6.57. The standard InChI is InChI=1S/C27H28N4O2/c1-33-26(27(12-13-27)17-31-14-11-21-15-29-18-30-23(21)16-31)24(19-5-3-2-4-6-19)25(28)20-7-9-22(32)10-8-20/h2-10,15,18,28,32H,11-14,16-17H2,1H3/b26-24-,28-25?. The highest BCUT2D eigenvalue weighted by molar-refractivity contribution is 6.31. The van der Waals surface area contributed by atoms with Crippen molar-refractivity contribution in [1.82, 2.24) is 14.9 Å². The van der Waals surface area contributed by atoms with Crippen LogP contribution in [0, 0.1) is 10.8 Å². The van der Waals surface area contributed by atoms with Gasteiger partial charge in [0.2, 0.25) is 0 Å². The summed E-state index contributed by atoms with van der Waals surface area (Å²) < 4.78 is 6.11. The number of hydrogen-bond acceptors (Lipinski definition) is 6. The molecule has 0 amide bonds. The molecule has 0 bridgehead atoms. The first kappa shape index (κ1) is 21.3. The number of rotatable bonds is 7. The molecule has 0 unspecified atom stereocenters. The average Bonchev–Trinajstić information content (AvgIpc) is 3.63. The van der Waals surface area contributed by atoms with Crippen molar-refractivity contribution in [3.63, 3.8) is 0 Å². The van der Waals surface area contributed by atoms with Gasteiger partial charge in [0, 0.05) is 42.4 Å². The number of ether oxygens (including phenoxy) is 1. The third-order valence-electron chi connectivity index (χ3n) is 6.71. The van der Waals surface area contributed by atoms with Gasteiger partial charge in [-0.15, -0.1) is 0 Å². The Hall–Kier alpha value is -3.51. The van der Waals surface area contributed by atoms with Gasteiger partial charge in [0.15, 0.2) is 0 Å². The van der Waals surface area contributed by atoms with Gasteiger partial charge >= 0.3 is 0 Å². The summed E-state index contributed by atoms with van der Waals surface area (Å²) in [6.45, 7) is 2.65. The highest BCUT2D eigenvalue weighted by atomic mass is 16.5. The normalized spacial score (nSPS) is 17.6. The van der Waals surface area contributed by atoms with Gasteiger partial charge in [-0.05, 0) is 54.7 Å². The number of allylic oxidation sites excluding steroid dienone is 1. The molecule has 1 aromatic heterocycles. The molecule has 2 heterocycles. The summed E-state index contributed by atoms with van der Waals surface area (Å²) in [5.74, 6) is 1.07. The van der Waals surface area contributed by atoms with E-state index >= 15 is 0 Å². The highest BCUT2D eigenvalue weighted by Crippen LogP contribution is 2.55. The van der Waals surface area contributed by atoms with Gasteiger partial charge in [0.05, 0.1) is 18.5 Å². The smallest absolute Gasteiger partial charge is 0.115 e. The first-order valence-electron chi connectivity index (χ1n) is 11.3. The monoisotopic (exact) mass is 440 g/mol. The zero-order valence-corrected chi connectivity index (χ0v) is 18.8. The van der Waals surface area contributed by atoms with Crippen LogP contribution in [0.1, 0.15) is 35.2 Å². The molecule has 2 N–H and O–H groups in total. The molecule has 1 aliphatic carbocycles. The number of nitrogens with zero attached hydrogens (tertiary/aromatic N) is 3.